The maximum atomic E-state index is 13.5. The zero-order valence-electron chi connectivity index (χ0n) is 12.4. The minimum absolute atomic E-state index is 0.248. The third kappa shape index (κ3) is 2.63. The maximum Gasteiger partial charge on any atom is 0.311 e. The lowest BCUT2D eigenvalue weighted by Gasteiger charge is -2.39. The standard InChI is InChI=1S/C17H22FNO2/c1-12-3-2-7-17(10-12,16(20)21)11-19-8-6-13-4-5-14(18)9-15(13)19/h4-5,9,12H,2-3,6-8,10-11H2,1H3,(H,20,21). The first-order valence-electron chi connectivity index (χ1n) is 7.77. The molecular weight excluding hydrogens is 269 g/mol. The van der Waals surface area contributed by atoms with Crippen molar-refractivity contribution in [1.29, 1.82) is 0 Å². The first-order chi connectivity index (χ1) is 10.00. The summed E-state index contributed by atoms with van der Waals surface area (Å²) in [6.45, 7) is 3.43. The number of anilines is 1. The first-order valence-corrected chi connectivity index (χ1v) is 7.77. The van der Waals surface area contributed by atoms with Crippen LogP contribution in [-0.4, -0.2) is 24.2 Å². The molecule has 1 fully saturated rings. The number of halogens is 1. The molecule has 1 saturated carbocycles. The van der Waals surface area contributed by atoms with Crippen LogP contribution in [-0.2, 0) is 11.2 Å². The van der Waals surface area contributed by atoms with Crippen molar-refractivity contribution in [3.8, 4) is 0 Å². The summed E-state index contributed by atoms with van der Waals surface area (Å²) in [6.07, 6.45) is 4.41. The van der Waals surface area contributed by atoms with E-state index in [2.05, 4.69) is 11.8 Å². The van der Waals surface area contributed by atoms with Crippen molar-refractivity contribution in [2.75, 3.05) is 18.0 Å². The Hall–Kier alpha value is -1.58. The summed E-state index contributed by atoms with van der Waals surface area (Å²) < 4.78 is 13.5. The molecule has 114 valence electrons. The van der Waals surface area contributed by atoms with Gasteiger partial charge in [-0.25, -0.2) is 4.39 Å². The molecule has 1 aromatic rings. The lowest BCUT2D eigenvalue weighted by atomic mass is 9.69. The van der Waals surface area contributed by atoms with Crippen molar-refractivity contribution in [2.24, 2.45) is 11.3 Å². The van der Waals surface area contributed by atoms with Crippen molar-refractivity contribution >= 4 is 11.7 Å². The molecule has 3 nitrogen and oxygen atoms in total. The molecule has 4 heteroatoms. The number of rotatable bonds is 3. The first kappa shape index (κ1) is 14.4. The van der Waals surface area contributed by atoms with Gasteiger partial charge in [0.1, 0.15) is 5.82 Å². The summed E-state index contributed by atoms with van der Waals surface area (Å²) >= 11 is 0. The molecule has 1 N–H and O–H groups in total. The predicted octanol–water partition coefficient (Wildman–Crippen LogP) is 3.47. The van der Waals surface area contributed by atoms with Crippen LogP contribution in [0.1, 0.15) is 38.2 Å². The Kier molecular flexibility index (Phi) is 3.64. The van der Waals surface area contributed by atoms with Crippen LogP contribution in [0.3, 0.4) is 0 Å². The van der Waals surface area contributed by atoms with E-state index in [-0.39, 0.29) is 5.82 Å². The Labute approximate surface area is 124 Å². The zero-order valence-corrected chi connectivity index (χ0v) is 12.4. The van der Waals surface area contributed by atoms with E-state index in [4.69, 9.17) is 0 Å². The molecule has 0 radical (unpaired) electrons. The quantitative estimate of drug-likeness (QED) is 0.927. The maximum absolute atomic E-state index is 13.5. The average Bonchev–Trinajstić information content (AvgIpc) is 2.81. The van der Waals surface area contributed by atoms with Gasteiger partial charge < -0.3 is 10.0 Å². The van der Waals surface area contributed by atoms with Gasteiger partial charge in [-0.1, -0.05) is 25.8 Å². The van der Waals surface area contributed by atoms with Crippen LogP contribution < -0.4 is 4.90 Å². The third-order valence-electron chi connectivity index (χ3n) is 5.08. The molecule has 1 aliphatic heterocycles. The third-order valence-corrected chi connectivity index (χ3v) is 5.08. The van der Waals surface area contributed by atoms with Crippen LogP contribution >= 0.6 is 0 Å². The second-order valence-electron chi connectivity index (χ2n) is 6.73. The predicted molar refractivity (Wildman–Crippen MR) is 80.0 cm³/mol. The van der Waals surface area contributed by atoms with Crippen molar-refractivity contribution in [3.63, 3.8) is 0 Å². The molecular formula is C17H22FNO2. The van der Waals surface area contributed by atoms with Crippen molar-refractivity contribution in [2.45, 2.75) is 39.0 Å². The summed E-state index contributed by atoms with van der Waals surface area (Å²) in [5.41, 5.74) is 1.33. The normalized spacial score (nSPS) is 28.5. The van der Waals surface area contributed by atoms with Crippen LogP contribution in [0.2, 0.25) is 0 Å². The molecule has 2 atom stereocenters. The van der Waals surface area contributed by atoms with Gasteiger partial charge in [-0.05, 0) is 42.9 Å². The van der Waals surface area contributed by atoms with Gasteiger partial charge in [0.25, 0.3) is 0 Å². The number of fused-ring (bicyclic) bond motifs is 1. The van der Waals surface area contributed by atoms with E-state index in [0.717, 1.165) is 49.9 Å². The van der Waals surface area contributed by atoms with Gasteiger partial charge in [-0.2, -0.15) is 0 Å². The van der Waals surface area contributed by atoms with E-state index < -0.39 is 11.4 Å². The second-order valence-corrected chi connectivity index (χ2v) is 6.73. The molecule has 1 aromatic carbocycles. The SMILES string of the molecule is CC1CCCC(CN2CCc3ccc(F)cc32)(C(=O)O)C1. The number of nitrogens with zero attached hydrogens (tertiary/aromatic N) is 1. The number of carboxylic acids is 1. The number of carbonyl (C=O) groups is 1. The van der Waals surface area contributed by atoms with Crippen LogP contribution in [0.4, 0.5) is 10.1 Å². The highest BCUT2D eigenvalue weighted by Gasteiger charge is 2.44. The van der Waals surface area contributed by atoms with Gasteiger partial charge in [0.15, 0.2) is 0 Å². The van der Waals surface area contributed by atoms with Crippen LogP contribution in [0.5, 0.6) is 0 Å². The molecule has 0 amide bonds. The van der Waals surface area contributed by atoms with Gasteiger partial charge >= 0.3 is 5.97 Å². The van der Waals surface area contributed by atoms with Gasteiger partial charge in [0.05, 0.1) is 5.41 Å². The van der Waals surface area contributed by atoms with Crippen molar-refractivity contribution in [3.05, 3.63) is 29.6 Å². The molecule has 0 bridgehead atoms. The van der Waals surface area contributed by atoms with Gasteiger partial charge in [0.2, 0.25) is 0 Å². The van der Waals surface area contributed by atoms with E-state index in [1.807, 2.05) is 6.07 Å². The van der Waals surface area contributed by atoms with Crippen LogP contribution in [0.25, 0.3) is 0 Å². The van der Waals surface area contributed by atoms with E-state index in [0.29, 0.717) is 12.5 Å². The molecule has 0 aromatic heterocycles. The second kappa shape index (κ2) is 5.32. The summed E-state index contributed by atoms with van der Waals surface area (Å²) in [6, 6.07) is 4.85. The number of carboxylic acid groups (broad SMARTS) is 1. The topological polar surface area (TPSA) is 40.5 Å². The average molecular weight is 291 g/mol. The fourth-order valence-corrected chi connectivity index (χ4v) is 4.01. The molecule has 3 rings (SSSR count). The number of aliphatic carboxylic acids is 1. The zero-order chi connectivity index (χ0) is 15.0. The molecule has 1 heterocycles. The lowest BCUT2D eigenvalue weighted by Crippen LogP contribution is -2.45. The molecule has 1 aliphatic carbocycles. The Morgan fingerprint density at radius 2 is 2.33 bits per heavy atom. The highest BCUT2D eigenvalue weighted by molar-refractivity contribution is 5.76. The highest BCUT2D eigenvalue weighted by Crippen LogP contribution is 2.42. The Bertz CT molecular complexity index is 560. The van der Waals surface area contributed by atoms with Crippen LogP contribution in [0.15, 0.2) is 18.2 Å². The van der Waals surface area contributed by atoms with Gasteiger partial charge in [-0.3, -0.25) is 4.79 Å². The fraction of sp³-hybridized carbons (Fsp3) is 0.588. The van der Waals surface area contributed by atoms with Gasteiger partial charge in [-0.15, -0.1) is 0 Å². The minimum atomic E-state index is -0.695. The Morgan fingerprint density at radius 3 is 3.05 bits per heavy atom. The molecule has 2 aliphatic rings. The number of benzene rings is 1. The summed E-state index contributed by atoms with van der Waals surface area (Å²) in [7, 11) is 0. The van der Waals surface area contributed by atoms with Gasteiger partial charge in [0, 0.05) is 18.8 Å². The number of hydrogen-bond donors (Lipinski definition) is 1. The van der Waals surface area contributed by atoms with Crippen LogP contribution in [0, 0.1) is 17.2 Å². The molecule has 0 saturated heterocycles. The Morgan fingerprint density at radius 1 is 1.52 bits per heavy atom. The van der Waals surface area contributed by atoms with E-state index in [9.17, 15) is 14.3 Å². The van der Waals surface area contributed by atoms with Crippen molar-refractivity contribution in [1.82, 2.24) is 0 Å². The van der Waals surface area contributed by atoms with E-state index in [1.54, 1.807) is 6.07 Å². The summed E-state index contributed by atoms with van der Waals surface area (Å²) in [5.74, 6) is -0.495. The summed E-state index contributed by atoms with van der Waals surface area (Å²) in [4.78, 5) is 14.0. The monoisotopic (exact) mass is 291 g/mol. The fourth-order valence-electron chi connectivity index (χ4n) is 4.01. The molecule has 2 unspecified atom stereocenters. The highest BCUT2D eigenvalue weighted by atomic mass is 19.1. The Balaban J connectivity index is 1.85. The minimum Gasteiger partial charge on any atom is -0.481 e. The smallest absolute Gasteiger partial charge is 0.311 e. The van der Waals surface area contributed by atoms with E-state index in [1.165, 1.54) is 6.07 Å². The number of hydrogen-bond acceptors (Lipinski definition) is 2. The largest absolute Gasteiger partial charge is 0.481 e. The molecule has 21 heavy (non-hydrogen) atoms. The summed E-state index contributed by atoms with van der Waals surface area (Å²) in [5, 5.41) is 9.77. The van der Waals surface area contributed by atoms with E-state index >= 15 is 0 Å². The van der Waals surface area contributed by atoms with Crippen molar-refractivity contribution < 1.29 is 14.3 Å². The molecule has 0 spiro atoms. The lowest BCUT2D eigenvalue weighted by molar-refractivity contribution is -0.151.